The lowest BCUT2D eigenvalue weighted by Crippen LogP contribution is -2.45. The molecule has 0 radical (unpaired) electrons. The second-order valence-corrected chi connectivity index (χ2v) is 8.20. The number of sulfonamides is 1. The number of nitrogens with zero attached hydrogens (tertiary/aromatic N) is 1. The van der Waals surface area contributed by atoms with Crippen molar-refractivity contribution in [2.75, 3.05) is 33.4 Å². The Morgan fingerprint density at radius 1 is 1.46 bits per heavy atom. The molecule has 1 aliphatic rings. The van der Waals surface area contributed by atoms with Crippen LogP contribution in [0.25, 0.3) is 0 Å². The van der Waals surface area contributed by atoms with Gasteiger partial charge in [0.2, 0.25) is 10.0 Å². The van der Waals surface area contributed by atoms with E-state index in [-0.39, 0.29) is 48.3 Å². The van der Waals surface area contributed by atoms with Crippen molar-refractivity contribution in [3.05, 3.63) is 29.8 Å². The summed E-state index contributed by atoms with van der Waals surface area (Å²) in [6, 6.07) is 6.17. The lowest BCUT2D eigenvalue weighted by Gasteiger charge is -2.34. The van der Waals surface area contributed by atoms with E-state index in [1.54, 1.807) is 17.0 Å². The summed E-state index contributed by atoms with van der Waals surface area (Å²) in [6.07, 6.45) is 1.92. The van der Waals surface area contributed by atoms with Crippen molar-refractivity contribution in [2.24, 2.45) is 11.7 Å². The number of rotatable bonds is 7. The van der Waals surface area contributed by atoms with Crippen LogP contribution in [0.4, 0.5) is 0 Å². The summed E-state index contributed by atoms with van der Waals surface area (Å²) >= 11 is 0. The number of likely N-dealkylation sites (tertiary alicyclic amines) is 1. The molecule has 2 atom stereocenters. The molecule has 0 bridgehead atoms. The largest absolute Gasteiger partial charge is 0.383 e. The number of carbonyl (C=O) groups excluding carboxylic acids is 1. The third kappa shape index (κ3) is 5.92. The Morgan fingerprint density at radius 2 is 2.19 bits per heavy atom. The Labute approximate surface area is 161 Å². The average Bonchev–Trinajstić information content (AvgIpc) is 2.61. The van der Waals surface area contributed by atoms with Gasteiger partial charge in [-0.25, -0.2) is 13.1 Å². The molecule has 0 saturated carbocycles. The van der Waals surface area contributed by atoms with Gasteiger partial charge in [0.15, 0.2) is 0 Å². The summed E-state index contributed by atoms with van der Waals surface area (Å²) in [5, 5.41) is 0. The van der Waals surface area contributed by atoms with E-state index in [4.69, 9.17) is 10.5 Å². The smallest absolute Gasteiger partial charge is 0.253 e. The van der Waals surface area contributed by atoms with Crippen LogP contribution in [-0.4, -0.2) is 58.6 Å². The Balaban J connectivity index is 0.00000338. The Hall–Kier alpha value is -1.19. The van der Waals surface area contributed by atoms with Crippen LogP contribution in [-0.2, 0) is 14.8 Å². The minimum absolute atomic E-state index is 0. The molecular formula is C17H28ClN3O4S. The summed E-state index contributed by atoms with van der Waals surface area (Å²) in [4.78, 5) is 14.6. The third-order valence-corrected chi connectivity index (χ3v) is 5.94. The first kappa shape index (κ1) is 22.9. The second-order valence-electron chi connectivity index (χ2n) is 6.43. The lowest BCUT2D eigenvalue weighted by molar-refractivity contribution is 0.0660. The summed E-state index contributed by atoms with van der Waals surface area (Å²) < 4.78 is 31.9. The molecule has 2 rings (SSSR count). The Morgan fingerprint density at radius 3 is 2.85 bits per heavy atom. The van der Waals surface area contributed by atoms with E-state index < -0.39 is 10.0 Å². The highest BCUT2D eigenvalue weighted by atomic mass is 35.5. The van der Waals surface area contributed by atoms with Crippen molar-refractivity contribution in [1.82, 2.24) is 9.62 Å². The zero-order chi connectivity index (χ0) is 18.4. The zero-order valence-electron chi connectivity index (χ0n) is 15.2. The van der Waals surface area contributed by atoms with Gasteiger partial charge in [0, 0.05) is 38.3 Å². The molecule has 3 N–H and O–H groups in total. The summed E-state index contributed by atoms with van der Waals surface area (Å²) in [7, 11) is -2.16. The topological polar surface area (TPSA) is 102 Å². The van der Waals surface area contributed by atoms with Crippen molar-refractivity contribution in [3.8, 4) is 0 Å². The minimum atomic E-state index is -3.66. The molecular weight excluding hydrogens is 378 g/mol. The number of halogens is 1. The molecule has 0 aliphatic carbocycles. The highest BCUT2D eigenvalue weighted by Crippen LogP contribution is 2.21. The predicted octanol–water partition coefficient (Wildman–Crippen LogP) is 1.23. The van der Waals surface area contributed by atoms with Crippen molar-refractivity contribution in [1.29, 1.82) is 0 Å². The number of nitrogens with one attached hydrogen (secondary N) is 1. The number of piperidine rings is 1. The molecule has 0 aromatic heterocycles. The number of hydrogen-bond acceptors (Lipinski definition) is 5. The predicted molar refractivity (Wildman–Crippen MR) is 103 cm³/mol. The minimum Gasteiger partial charge on any atom is -0.383 e. The maximum atomic E-state index is 12.8. The monoisotopic (exact) mass is 405 g/mol. The number of ether oxygens (including phenoxy) is 1. The lowest BCUT2D eigenvalue weighted by atomic mass is 9.92. The summed E-state index contributed by atoms with van der Waals surface area (Å²) in [5.74, 6) is 0.125. The van der Waals surface area contributed by atoms with Gasteiger partial charge in [-0.15, -0.1) is 12.4 Å². The maximum absolute atomic E-state index is 12.8. The van der Waals surface area contributed by atoms with Crippen LogP contribution < -0.4 is 10.5 Å². The zero-order valence-corrected chi connectivity index (χ0v) is 16.8. The molecule has 1 saturated heterocycles. The fraction of sp³-hybridized carbons (Fsp3) is 0.588. The van der Waals surface area contributed by atoms with Crippen LogP contribution in [0, 0.1) is 5.92 Å². The van der Waals surface area contributed by atoms with Gasteiger partial charge < -0.3 is 15.4 Å². The SMILES string of the molecule is COCCNS(=O)(=O)c1cccc(C(=O)N2CCCC(C(C)N)C2)c1.Cl. The molecule has 7 nitrogen and oxygen atoms in total. The van der Waals surface area contributed by atoms with Crippen LogP contribution >= 0.6 is 12.4 Å². The first-order valence-corrected chi connectivity index (χ1v) is 9.97. The van der Waals surface area contributed by atoms with Crippen LogP contribution in [0.15, 0.2) is 29.2 Å². The molecule has 1 fully saturated rings. The Bertz CT molecular complexity index is 697. The normalized spacial score (nSPS) is 18.9. The molecule has 9 heteroatoms. The molecule has 1 aromatic carbocycles. The number of hydrogen-bond donors (Lipinski definition) is 2. The molecule has 2 unspecified atom stereocenters. The number of amides is 1. The quantitative estimate of drug-likeness (QED) is 0.664. The number of carbonyl (C=O) groups is 1. The standard InChI is InChI=1S/C17H27N3O4S.ClH/c1-13(18)15-6-4-9-20(12-15)17(21)14-5-3-7-16(11-14)25(22,23)19-8-10-24-2;/h3,5,7,11,13,15,19H,4,6,8-10,12,18H2,1-2H3;1H. The van der Waals surface area contributed by atoms with Gasteiger partial charge in [-0.3, -0.25) is 4.79 Å². The van der Waals surface area contributed by atoms with Gasteiger partial charge >= 0.3 is 0 Å². The molecule has 1 heterocycles. The Kier molecular flexibility index (Phi) is 8.99. The van der Waals surface area contributed by atoms with Crippen LogP contribution in [0.3, 0.4) is 0 Å². The van der Waals surface area contributed by atoms with E-state index >= 15 is 0 Å². The highest BCUT2D eigenvalue weighted by Gasteiger charge is 2.27. The second kappa shape index (κ2) is 10.2. The van der Waals surface area contributed by atoms with E-state index in [0.717, 1.165) is 12.8 Å². The molecule has 26 heavy (non-hydrogen) atoms. The van der Waals surface area contributed by atoms with Gasteiger partial charge in [-0.1, -0.05) is 6.07 Å². The fourth-order valence-electron chi connectivity index (χ4n) is 2.96. The van der Waals surface area contributed by atoms with Crippen molar-refractivity contribution >= 4 is 28.3 Å². The van der Waals surface area contributed by atoms with E-state index in [1.807, 2.05) is 6.92 Å². The number of benzene rings is 1. The molecule has 148 valence electrons. The van der Waals surface area contributed by atoms with Crippen molar-refractivity contribution < 1.29 is 17.9 Å². The van der Waals surface area contributed by atoms with Crippen molar-refractivity contribution in [2.45, 2.75) is 30.7 Å². The summed E-state index contributed by atoms with van der Waals surface area (Å²) in [6.45, 7) is 3.70. The van der Waals surface area contributed by atoms with Gasteiger partial charge in [0.1, 0.15) is 0 Å². The molecule has 1 aliphatic heterocycles. The van der Waals surface area contributed by atoms with Gasteiger partial charge in [-0.2, -0.15) is 0 Å². The molecule has 1 aromatic rings. The van der Waals surface area contributed by atoms with Gasteiger partial charge in [0.05, 0.1) is 11.5 Å². The first-order chi connectivity index (χ1) is 11.8. The first-order valence-electron chi connectivity index (χ1n) is 8.48. The highest BCUT2D eigenvalue weighted by molar-refractivity contribution is 7.89. The van der Waals surface area contributed by atoms with Crippen LogP contribution in [0.2, 0.25) is 0 Å². The van der Waals surface area contributed by atoms with Crippen molar-refractivity contribution in [3.63, 3.8) is 0 Å². The van der Waals surface area contributed by atoms with Gasteiger partial charge in [-0.05, 0) is 43.9 Å². The molecule has 0 spiro atoms. The third-order valence-electron chi connectivity index (χ3n) is 4.48. The van der Waals surface area contributed by atoms with E-state index in [1.165, 1.54) is 19.2 Å². The fourth-order valence-corrected chi connectivity index (χ4v) is 4.02. The van der Waals surface area contributed by atoms with Crippen LogP contribution in [0.5, 0.6) is 0 Å². The average molecular weight is 406 g/mol. The molecule has 1 amide bonds. The number of nitrogens with two attached hydrogens (primary N) is 1. The number of methoxy groups -OCH3 is 1. The van der Waals surface area contributed by atoms with E-state index in [0.29, 0.717) is 18.7 Å². The van der Waals surface area contributed by atoms with E-state index in [2.05, 4.69) is 4.72 Å². The van der Waals surface area contributed by atoms with E-state index in [9.17, 15) is 13.2 Å². The van der Waals surface area contributed by atoms with Gasteiger partial charge in [0.25, 0.3) is 5.91 Å². The maximum Gasteiger partial charge on any atom is 0.253 e. The van der Waals surface area contributed by atoms with Crippen LogP contribution in [0.1, 0.15) is 30.1 Å². The summed E-state index contributed by atoms with van der Waals surface area (Å²) in [5.41, 5.74) is 6.35.